The van der Waals surface area contributed by atoms with Crippen LogP contribution in [0.15, 0.2) is 42.5 Å². The maximum atomic E-state index is 11.5. The molecule has 2 aromatic rings. The zero-order valence-corrected chi connectivity index (χ0v) is 11.4. The minimum atomic E-state index is -0.176. The zero-order chi connectivity index (χ0) is 14.4. The molecule has 4 nitrogen and oxygen atoms in total. The highest BCUT2D eigenvalue weighted by Crippen LogP contribution is 2.16. The topological polar surface area (TPSA) is 58.2 Å². The molecule has 2 N–H and O–H groups in total. The second-order valence-corrected chi connectivity index (χ2v) is 4.85. The van der Waals surface area contributed by atoms with E-state index in [9.17, 15) is 9.59 Å². The lowest BCUT2D eigenvalue weighted by molar-refractivity contribution is -0.122. The molecular weight excluding hydrogens is 252 g/mol. The number of carbonyl (C=O) groups excluding carboxylic acids is 2. The molecule has 104 valence electrons. The van der Waals surface area contributed by atoms with Gasteiger partial charge < -0.3 is 10.6 Å². The molecule has 4 heteroatoms. The minimum absolute atomic E-state index is 0.0194. The van der Waals surface area contributed by atoms with E-state index < -0.39 is 0 Å². The number of benzene rings is 2. The largest absolute Gasteiger partial charge is 0.352 e. The maximum absolute atomic E-state index is 11.5. The molecular formula is C16H18N2O2. The van der Waals surface area contributed by atoms with Crippen molar-refractivity contribution >= 4 is 23.1 Å². The number of rotatable bonds is 6. The molecule has 2 amide bonds. The lowest BCUT2D eigenvalue weighted by Gasteiger charge is -2.14. The van der Waals surface area contributed by atoms with E-state index in [2.05, 4.69) is 41.0 Å². The van der Waals surface area contributed by atoms with Crippen molar-refractivity contribution in [1.82, 2.24) is 10.6 Å². The van der Waals surface area contributed by atoms with Crippen LogP contribution in [0, 0.1) is 0 Å². The second-order valence-electron chi connectivity index (χ2n) is 4.85. The molecule has 0 bridgehead atoms. The number of fused-ring (bicyclic) bond motifs is 1. The highest BCUT2D eigenvalue weighted by atomic mass is 16.2. The normalized spacial score (nSPS) is 11.8. The fourth-order valence-corrected chi connectivity index (χ4v) is 2.23. The Morgan fingerprint density at radius 1 is 1.20 bits per heavy atom. The van der Waals surface area contributed by atoms with Crippen LogP contribution in [0.3, 0.4) is 0 Å². The molecule has 0 saturated heterocycles. The predicted octanol–water partition coefficient (Wildman–Crippen LogP) is 1.63. The zero-order valence-electron chi connectivity index (χ0n) is 11.4. The number of nitrogens with one attached hydrogen (secondary N) is 2. The summed E-state index contributed by atoms with van der Waals surface area (Å²) in [6.07, 6.45) is 1.28. The molecule has 2 rings (SSSR count). The van der Waals surface area contributed by atoms with Gasteiger partial charge in [-0.3, -0.25) is 9.59 Å². The van der Waals surface area contributed by atoms with Crippen molar-refractivity contribution in [3.63, 3.8) is 0 Å². The number of amides is 2. The maximum Gasteiger partial charge on any atom is 0.239 e. The van der Waals surface area contributed by atoms with Gasteiger partial charge in [0.1, 0.15) is 0 Å². The molecule has 0 aliphatic carbocycles. The lowest BCUT2D eigenvalue weighted by atomic mass is 10.0. The summed E-state index contributed by atoms with van der Waals surface area (Å²) in [6, 6.07) is 14.5. The van der Waals surface area contributed by atoms with Gasteiger partial charge in [-0.15, -0.1) is 0 Å². The Morgan fingerprint density at radius 3 is 2.70 bits per heavy atom. The van der Waals surface area contributed by atoms with Gasteiger partial charge in [0.25, 0.3) is 0 Å². The van der Waals surface area contributed by atoms with E-state index in [1.807, 2.05) is 19.1 Å². The Hall–Kier alpha value is -2.36. The summed E-state index contributed by atoms with van der Waals surface area (Å²) in [7, 11) is 0. The van der Waals surface area contributed by atoms with E-state index in [1.165, 1.54) is 16.3 Å². The molecule has 0 saturated carbocycles. The van der Waals surface area contributed by atoms with Gasteiger partial charge in [0.2, 0.25) is 12.3 Å². The van der Waals surface area contributed by atoms with Crippen molar-refractivity contribution in [3.8, 4) is 0 Å². The van der Waals surface area contributed by atoms with E-state index in [0.29, 0.717) is 6.41 Å². The average molecular weight is 270 g/mol. The van der Waals surface area contributed by atoms with Crippen LogP contribution in [0.2, 0.25) is 0 Å². The van der Waals surface area contributed by atoms with Gasteiger partial charge in [-0.2, -0.15) is 0 Å². The summed E-state index contributed by atoms with van der Waals surface area (Å²) in [5, 5.41) is 7.61. The highest BCUT2D eigenvalue weighted by Gasteiger charge is 2.08. The molecule has 0 spiro atoms. The number of carbonyl (C=O) groups is 2. The van der Waals surface area contributed by atoms with Crippen molar-refractivity contribution in [3.05, 3.63) is 48.0 Å². The smallest absolute Gasteiger partial charge is 0.239 e. The van der Waals surface area contributed by atoms with Crippen molar-refractivity contribution in [2.45, 2.75) is 19.4 Å². The monoisotopic (exact) mass is 270 g/mol. The molecule has 0 aliphatic rings. The molecule has 1 atom stereocenters. The first-order valence-electron chi connectivity index (χ1n) is 6.63. The quantitative estimate of drug-likeness (QED) is 0.784. The first-order chi connectivity index (χ1) is 9.69. The SMILES string of the molecule is CC(Cc1ccc2ccccc2c1)NC(=O)CNC=O. The van der Waals surface area contributed by atoms with Crippen LogP contribution in [-0.2, 0) is 16.0 Å². The van der Waals surface area contributed by atoms with Gasteiger partial charge in [0.05, 0.1) is 6.54 Å². The summed E-state index contributed by atoms with van der Waals surface area (Å²) in [6.45, 7) is 1.97. The van der Waals surface area contributed by atoms with Crippen LogP contribution < -0.4 is 10.6 Å². The number of hydrogen-bond acceptors (Lipinski definition) is 2. The van der Waals surface area contributed by atoms with E-state index in [0.717, 1.165) is 6.42 Å². The van der Waals surface area contributed by atoms with Gasteiger partial charge in [-0.1, -0.05) is 42.5 Å². The van der Waals surface area contributed by atoms with Gasteiger partial charge in [0.15, 0.2) is 0 Å². The molecule has 0 fully saturated rings. The first kappa shape index (κ1) is 14.1. The van der Waals surface area contributed by atoms with Crippen molar-refractivity contribution in [2.24, 2.45) is 0 Å². The fourth-order valence-electron chi connectivity index (χ4n) is 2.23. The van der Waals surface area contributed by atoms with Crippen molar-refractivity contribution < 1.29 is 9.59 Å². The minimum Gasteiger partial charge on any atom is -0.352 e. The number of hydrogen-bond donors (Lipinski definition) is 2. The van der Waals surface area contributed by atoms with Crippen molar-refractivity contribution in [1.29, 1.82) is 0 Å². The lowest BCUT2D eigenvalue weighted by Crippen LogP contribution is -2.39. The van der Waals surface area contributed by atoms with Crippen LogP contribution in [0.4, 0.5) is 0 Å². The molecule has 0 aliphatic heterocycles. The standard InChI is InChI=1S/C16H18N2O2/c1-12(18-16(20)10-17-11-19)8-13-6-7-14-4-2-3-5-15(14)9-13/h2-7,9,11-12H,8,10H2,1H3,(H,17,19)(H,18,20). The van der Waals surface area contributed by atoms with E-state index in [1.54, 1.807) is 0 Å². The molecule has 1 unspecified atom stereocenters. The second kappa shape index (κ2) is 6.70. The van der Waals surface area contributed by atoms with Gasteiger partial charge in [-0.25, -0.2) is 0 Å². The Kier molecular flexibility index (Phi) is 4.71. The van der Waals surface area contributed by atoms with Crippen molar-refractivity contribution in [2.75, 3.05) is 6.54 Å². The van der Waals surface area contributed by atoms with Crippen LogP contribution in [-0.4, -0.2) is 24.9 Å². The Bertz CT molecular complexity index is 610. The van der Waals surface area contributed by atoms with Crippen LogP contribution >= 0.6 is 0 Å². The first-order valence-corrected chi connectivity index (χ1v) is 6.63. The Morgan fingerprint density at radius 2 is 1.95 bits per heavy atom. The summed E-state index contributed by atoms with van der Waals surface area (Å²) in [4.78, 5) is 21.6. The molecule has 20 heavy (non-hydrogen) atoms. The summed E-state index contributed by atoms with van der Waals surface area (Å²) in [5.74, 6) is -0.176. The summed E-state index contributed by atoms with van der Waals surface area (Å²) >= 11 is 0. The van der Waals surface area contributed by atoms with Gasteiger partial charge in [0, 0.05) is 6.04 Å². The third kappa shape index (κ3) is 3.82. The predicted molar refractivity (Wildman–Crippen MR) is 79.3 cm³/mol. The Balaban J connectivity index is 1.97. The van der Waals surface area contributed by atoms with Crippen LogP contribution in [0.5, 0.6) is 0 Å². The van der Waals surface area contributed by atoms with E-state index >= 15 is 0 Å². The van der Waals surface area contributed by atoms with Crippen LogP contribution in [0.25, 0.3) is 10.8 Å². The highest BCUT2D eigenvalue weighted by molar-refractivity contribution is 5.83. The molecule has 2 aromatic carbocycles. The van der Waals surface area contributed by atoms with Gasteiger partial charge >= 0.3 is 0 Å². The summed E-state index contributed by atoms with van der Waals surface area (Å²) < 4.78 is 0. The van der Waals surface area contributed by atoms with E-state index in [-0.39, 0.29) is 18.5 Å². The fraction of sp³-hybridized carbons (Fsp3) is 0.250. The molecule has 0 aromatic heterocycles. The van der Waals surface area contributed by atoms with Gasteiger partial charge in [-0.05, 0) is 29.7 Å². The molecule has 0 radical (unpaired) electrons. The third-order valence-electron chi connectivity index (χ3n) is 3.11. The third-order valence-corrected chi connectivity index (χ3v) is 3.11. The van der Waals surface area contributed by atoms with Crippen LogP contribution in [0.1, 0.15) is 12.5 Å². The Labute approximate surface area is 118 Å². The van der Waals surface area contributed by atoms with E-state index in [4.69, 9.17) is 0 Å². The molecule has 0 heterocycles. The average Bonchev–Trinajstić information content (AvgIpc) is 2.44. The summed E-state index contributed by atoms with van der Waals surface area (Å²) in [5.41, 5.74) is 1.18.